The Kier molecular flexibility index (Phi) is 4.70. The van der Waals surface area contributed by atoms with Crippen molar-refractivity contribution in [2.24, 2.45) is 10.7 Å². The van der Waals surface area contributed by atoms with Gasteiger partial charge in [0.1, 0.15) is 0 Å². The maximum absolute atomic E-state index is 5.44. The molecule has 3 heteroatoms. The Morgan fingerprint density at radius 2 is 2.31 bits per heavy atom. The van der Waals surface area contributed by atoms with E-state index in [4.69, 9.17) is 5.73 Å². The fourth-order valence-electron chi connectivity index (χ4n) is 1.51. The first-order valence-electron chi connectivity index (χ1n) is 5.59. The smallest absolute Gasteiger partial charge is 0.0914 e. The maximum atomic E-state index is 5.44. The van der Waals surface area contributed by atoms with E-state index in [2.05, 4.69) is 23.0 Å². The van der Waals surface area contributed by atoms with Crippen LogP contribution in [0.15, 0.2) is 35.6 Å². The highest BCUT2D eigenvalue weighted by Gasteiger charge is 2.07. The molecule has 0 aromatic carbocycles. The topological polar surface area (TPSA) is 51.3 Å². The van der Waals surface area contributed by atoms with Crippen molar-refractivity contribution in [1.29, 1.82) is 0 Å². The van der Waals surface area contributed by atoms with E-state index >= 15 is 0 Å². The summed E-state index contributed by atoms with van der Waals surface area (Å²) in [5.41, 5.74) is 8.43. The average molecular weight is 217 g/mol. The zero-order valence-corrected chi connectivity index (χ0v) is 10.1. The summed E-state index contributed by atoms with van der Waals surface area (Å²) in [5.74, 6) is 0. The molecule has 0 saturated heterocycles. The van der Waals surface area contributed by atoms with Gasteiger partial charge in [-0.1, -0.05) is 13.0 Å². The van der Waals surface area contributed by atoms with Crippen LogP contribution in [0.1, 0.15) is 32.0 Å². The highest BCUT2D eigenvalue weighted by atomic mass is 14.8. The van der Waals surface area contributed by atoms with Gasteiger partial charge < -0.3 is 5.73 Å². The molecule has 0 unspecified atom stereocenters. The molecule has 2 N–H and O–H groups in total. The third-order valence-corrected chi connectivity index (χ3v) is 2.17. The molecule has 16 heavy (non-hydrogen) atoms. The van der Waals surface area contributed by atoms with Gasteiger partial charge in [-0.3, -0.25) is 9.98 Å². The number of aryl methyl sites for hydroxylation is 1. The summed E-state index contributed by atoms with van der Waals surface area (Å²) in [6.45, 7) is 6.19. The predicted molar refractivity (Wildman–Crippen MR) is 68.6 cm³/mol. The highest BCUT2D eigenvalue weighted by molar-refractivity contribution is 6.08. The van der Waals surface area contributed by atoms with Gasteiger partial charge in [-0.25, -0.2) is 0 Å². The summed E-state index contributed by atoms with van der Waals surface area (Å²) >= 11 is 0. The van der Waals surface area contributed by atoms with Gasteiger partial charge in [0.15, 0.2) is 0 Å². The highest BCUT2D eigenvalue weighted by Crippen LogP contribution is 2.09. The lowest BCUT2D eigenvalue weighted by Gasteiger charge is -2.08. The van der Waals surface area contributed by atoms with Gasteiger partial charge in [0.2, 0.25) is 0 Å². The maximum Gasteiger partial charge on any atom is 0.0914 e. The Morgan fingerprint density at radius 3 is 2.88 bits per heavy atom. The number of nitrogens with two attached hydrogens (primary N) is 1. The van der Waals surface area contributed by atoms with Crippen molar-refractivity contribution in [2.75, 3.05) is 0 Å². The van der Waals surface area contributed by atoms with Crippen molar-refractivity contribution in [3.8, 4) is 0 Å². The quantitative estimate of drug-likeness (QED) is 0.787. The van der Waals surface area contributed by atoms with Crippen LogP contribution >= 0.6 is 0 Å². The van der Waals surface area contributed by atoms with Crippen LogP contribution in [0.5, 0.6) is 0 Å². The third kappa shape index (κ3) is 3.19. The van der Waals surface area contributed by atoms with Crippen LogP contribution in [0.3, 0.4) is 0 Å². The van der Waals surface area contributed by atoms with Crippen LogP contribution in [0.4, 0.5) is 0 Å². The van der Waals surface area contributed by atoms with Crippen LogP contribution in [0.2, 0.25) is 0 Å². The monoisotopic (exact) mass is 217 g/mol. The van der Waals surface area contributed by atoms with Crippen LogP contribution in [-0.2, 0) is 6.42 Å². The normalized spacial score (nSPS) is 12.6. The molecule has 0 aliphatic rings. The van der Waals surface area contributed by atoms with Crippen LogP contribution < -0.4 is 5.73 Å². The molecule has 0 saturated carbocycles. The third-order valence-electron chi connectivity index (χ3n) is 2.17. The molecule has 0 amide bonds. The Balaban J connectivity index is 3.20. The van der Waals surface area contributed by atoms with Crippen LogP contribution in [0.25, 0.3) is 0 Å². The Hall–Kier alpha value is -1.64. The molecule has 0 atom stereocenters. The van der Waals surface area contributed by atoms with E-state index in [9.17, 15) is 0 Å². The van der Waals surface area contributed by atoms with E-state index in [0.29, 0.717) is 0 Å². The second kappa shape index (κ2) is 6.05. The Morgan fingerprint density at radius 1 is 1.56 bits per heavy atom. The number of rotatable bonds is 4. The van der Waals surface area contributed by atoms with Crippen molar-refractivity contribution in [1.82, 2.24) is 4.98 Å². The first-order chi connectivity index (χ1) is 7.69. The molecule has 1 heterocycles. The molecule has 0 fully saturated rings. The molecule has 0 aliphatic heterocycles. The number of hydrogen-bond acceptors (Lipinski definition) is 3. The largest absolute Gasteiger partial charge is 0.405 e. The van der Waals surface area contributed by atoms with Crippen LogP contribution in [0, 0.1) is 0 Å². The summed E-state index contributed by atoms with van der Waals surface area (Å²) in [4.78, 5) is 8.92. The zero-order valence-electron chi connectivity index (χ0n) is 10.1. The number of aliphatic imine (C=N–C) groups is 1. The van der Waals surface area contributed by atoms with E-state index < -0.39 is 0 Å². The van der Waals surface area contributed by atoms with Gasteiger partial charge in [-0.05, 0) is 44.2 Å². The molecule has 86 valence electrons. The van der Waals surface area contributed by atoms with Crippen LogP contribution in [-0.4, -0.2) is 16.7 Å². The minimum Gasteiger partial charge on any atom is -0.405 e. The van der Waals surface area contributed by atoms with E-state index in [-0.39, 0.29) is 6.04 Å². The molecule has 0 spiro atoms. The summed E-state index contributed by atoms with van der Waals surface area (Å²) in [6, 6.07) is 4.25. The number of aromatic nitrogens is 1. The Labute approximate surface area is 97.1 Å². The fraction of sp³-hybridized carbons (Fsp3) is 0.385. The van der Waals surface area contributed by atoms with Gasteiger partial charge in [0.25, 0.3) is 0 Å². The summed E-state index contributed by atoms with van der Waals surface area (Å²) in [6.07, 6.45) is 6.05. The van der Waals surface area contributed by atoms with E-state index in [0.717, 1.165) is 17.8 Å². The summed E-state index contributed by atoms with van der Waals surface area (Å²) < 4.78 is 0. The molecule has 1 aromatic rings. The van der Waals surface area contributed by atoms with Gasteiger partial charge in [-0.15, -0.1) is 0 Å². The molecule has 0 radical (unpaired) electrons. The lowest BCUT2D eigenvalue weighted by atomic mass is 10.1. The SMILES string of the molecule is CCc1cccnc1C(/C=C\N)=NC(C)C. The van der Waals surface area contributed by atoms with Gasteiger partial charge >= 0.3 is 0 Å². The fourth-order valence-corrected chi connectivity index (χ4v) is 1.51. The van der Waals surface area contributed by atoms with E-state index in [1.165, 1.54) is 11.8 Å². The van der Waals surface area contributed by atoms with Crippen molar-refractivity contribution in [3.05, 3.63) is 41.9 Å². The summed E-state index contributed by atoms with van der Waals surface area (Å²) in [5, 5.41) is 0. The van der Waals surface area contributed by atoms with Gasteiger partial charge in [-0.2, -0.15) is 0 Å². The van der Waals surface area contributed by atoms with E-state index in [1.54, 1.807) is 6.20 Å². The lowest BCUT2D eigenvalue weighted by Crippen LogP contribution is -2.08. The molecular formula is C13H19N3. The first kappa shape index (κ1) is 12.4. The number of nitrogens with zero attached hydrogens (tertiary/aromatic N) is 2. The molecule has 0 aliphatic carbocycles. The molecule has 1 rings (SSSR count). The van der Waals surface area contributed by atoms with E-state index in [1.807, 2.05) is 26.0 Å². The standard InChI is InChI=1S/C13H19N3/c1-4-11-6-5-9-15-13(11)12(7-8-14)16-10(2)3/h5-10H,4,14H2,1-3H3/b8-7-,16-12?. The molecular weight excluding hydrogens is 198 g/mol. The minimum atomic E-state index is 0.234. The molecule has 3 nitrogen and oxygen atoms in total. The average Bonchev–Trinajstić information content (AvgIpc) is 2.28. The molecule has 0 bridgehead atoms. The molecule has 1 aromatic heterocycles. The second-order valence-corrected chi connectivity index (χ2v) is 3.83. The Bertz CT molecular complexity index is 392. The van der Waals surface area contributed by atoms with Crippen molar-refractivity contribution < 1.29 is 0 Å². The first-order valence-corrected chi connectivity index (χ1v) is 5.59. The lowest BCUT2D eigenvalue weighted by molar-refractivity contribution is 0.836. The predicted octanol–water partition coefficient (Wildman–Crippen LogP) is 2.31. The summed E-state index contributed by atoms with van der Waals surface area (Å²) in [7, 11) is 0. The van der Waals surface area contributed by atoms with Crippen molar-refractivity contribution >= 4 is 5.71 Å². The van der Waals surface area contributed by atoms with Gasteiger partial charge in [0, 0.05) is 12.2 Å². The van der Waals surface area contributed by atoms with Crippen molar-refractivity contribution in [2.45, 2.75) is 33.2 Å². The second-order valence-electron chi connectivity index (χ2n) is 3.83. The van der Waals surface area contributed by atoms with Crippen molar-refractivity contribution in [3.63, 3.8) is 0 Å². The van der Waals surface area contributed by atoms with Gasteiger partial charge in [0.05, 0.1) is 11.4 Å². The zero-order chi connectivity index (χ0) is 12.0. The minimum absolute atomic E-state index is 0.234. The number of allylic oxidation sites excluding steroid dienone is 1. The number of hydrogen-bond donors (Lipinski definition) is 1. The number of pyridine rings is 1.